The summed E-state index contributed by atoms with van der Waals surface area (Å²) in [7, 11) is 0. The highest BCUT2D eigenvalue weighted by Gasteiger charge is 2.74. The predicted molar refractivity (Wildman–Crippen MR) is 148 cm³/mol. The van der Waals surface area contributed by atoms with Gasteiger partial charge in [0.1, 0.15) is 11.8 Å². The number of likely N-dealkylation sites (tertiary alicyclic amines) is 1. The zero-order valence-corrected chi connectivity index (χ0v) is 23.0. The molecule has 202 valence electrons. The first-order valence-electron chi connectivity index (χ1n) is 13.2. The largest absolute Gasteiger partial charge is 0.494 e. The molecule has 38 heavy (non-hydrogen) atoms. The number of anilines is 2. The van der Waals surface area contributed by atoms with Crippen LogP contribution in [0.3, 0.4) is 0 Å². The molecule has 5 rings (SSSR count). The number of ether oxygens (including phenoxy) is 1. The van der Waals surface area contributed by atoms with Crippen LogP contribution in [0, 0.1) is 25.7 Å². The van der Waals surface area contributed by atoms with Gasteiger partial charge in [-0.2, -0.15) is 0 Å². The fourth-order valence-corrected chi connectivity index (χ4v) is 8.69. The number of rotatable bonds is 8. The highest BCUT2D eigenvalue weighted by Crippen LogP contribution is 2.66. The zero-order chi connectivity index (χ0) is 27.2. The molecule has 2 aromatic rings. The highest BCUT2D eigenvalue weighted by atomic mass is 32.2. The summed E-state index contributed by atoms with van der Waals surface area (Å²) in [6.45, 7) is 7.83. The van der Waals surface area contributed by atoms with Crippen LogP contribution < -0.4 is 15.4 Å². The average Bonchev–Trinajstić information content (AvgIpc) is 3.54. The van der Waals surface area contributed by atoms with E-state index in [1.54, 1.807) is 47.9 Å². The van der Waals surface area contributed by atoms with E-state index in [9.17, 15) is 19.5 Å². The maximum Gasteiger partial charge on any atom is 0.248 e. The SMILES string of the molecule is CCOc1ccc(NC(=O)[C@@H]2[C@@H]3CCC4(S3)C(C(=O)Nc3c(C)cccc3C)N([C@H](C)CO)C(=O)[C@H]24)cc1. The van der Waals surface area contributed by atoms with Crippen LogP contribution in [0.2, 0.25) is 0 Å². The van der Waals surface area contributed by atoms with Crippen LogP contribution in [0.4, 0.5) is 11.4 Å². The first-order chi connectivity index (χ1) is 18.2. The Morgan fingerprint density at radius 1 is 1.13 bits per heavy atom. The van der Waals surface area contributed by atoms with E-state index >= 15 is 0 Å². The van der Waals surface area contributed by atoms with Crippen molar-refractivity contribution in [1.82, 2.24) is 4.90 Å². The molecule has 3 saturated heterocycles. The Morgan fingerprint density at radius 2 is 1.82 bits per heavy atom. The maximum atomic E-state index is 14.0. The van der Waals surface area contributed by atoms with E-state index in [-0.39, 0.29) is 29.6 Å². The molecule has 3 fully saturated rings. The summed E-state index contributed by atoms with van der Waals surface area (Å²) in [5, 5.41) is 16.1. The Hall–Kier alpha value is -3.04. The number of carbonyl (C=O) groups is 3. The molecule has 3 amide bonds. The van der Waals surface area contributed by atoms with Crippen molar-refractivity contribution >= 4 is 40.9 Å². The van der Waals surface area contributed by atoms with Gasteiger partial charge in [-0.25, -0.2) is 0 Å². The van der Waals surface area contributed by atoms with E-state index in [2.05, 4.69) is 10.6 Å². The number of aliphatic hydroxyl groups is 1. The molecule has 2 aromatic carbocycles. The molecule has 6 atom stereocenters. The number of carbonyl (C=O) groups excluding carboxylic acids is 3. The molecule has 0 aromatic heterocycles. The van der Waals surface area contributed by atoms with Crippen LogP contribution in [-0.2, 0) is 14.4 Å². The fraction of sp³-hybridized carbons (Fsp3) is 0.483. The number of benzene rings is 2. The minimum Gasteiger partial charge on any atom is -0.494 e. The lowest BCUT2D eigenvalue weighted by Crippen LogP contribution is -2.54. The lowest BCUT2D eigenvalue weighted by atomic mass is 9.70. The van der Waals surface area contributed by atoms with E-state index in [0.717, 1.165) is 29.0 Å². The third kappa shape index (κ3) is 4.25. The summed E-state index contributed by atoms with van der Waals surface area (Å²) in [5.41, 5.74) is 3.25. The van der Waals surface area contributed by atoms with Crippen molar-refractivity contribution in [3.8, 4) is 5.75 Å². The quantitative estimate of drug-likeness (QED) is 0.473. The number of aryl methyl sites for hydroxylation is 2. The van der Waals surface area contributed by atoms with Gasteiger partial charge < -0.3 is 25.4 Å². The van der Waals surface area contributed by atoms with Crippen LogP contribution in [-0.4, -0.2) is 63.0 Å². The summed E-state index contributed by atoms with van der Waals surface area (Å²) in [5.74, 6) is -1.17. The van der Waals surface area contributed by atoms with Crippen molar-refractivity contribution in [3.63, 3.8) is 0 Å². The fourth-order valence-electron chi connectivity index (χ4n) is 6.48. The average molecular weight is 538 g/mol. The third-order valence-corrected chi connectivity index (χ3v) is 10.1. The predicted octanol–water partition coefficient (Wildman–Crippen LogP) is 3.75. The molecular weight excluding hydrogens is 502 g/mol. The van der Waals surface area contributed by atoms with Gasteiger partial charge >= 0.3 is 0 Å². The Bertz CT molecular complexity index is 1230. The Balaban J connectivity index is 1.45. The van der Waals surface area contributed by atoms with Crippen LogP contribution in [0.25, 0.3) is 0 Å². The Labute approximate surface area is 227 Å². The summed E-state index contributed by atoms with van der Waals surface area (Å²) in [6.07, 6.45) is 1.43. The molecule has 9 heteroatoms. The molecular formula is C29H35N3O5S. The van der Waals surface area contributed by atoms with Gasteiger partial charge in [0.05, 0.1) is 35.8 Å². The zero-order valence-electron chi connectivity index (χ0n) is 22.2. The van der Waals surface area contributed by atoms with Crippen LogP contribution in [0.1, 0.15) is 37.8 Å². The third-order valence-electron chi connectivity index (χ3n) is 8.19. The molecule has 0 saturated carbocycles. The van der Waals surface area contributed by atoms with Gasteiger partial charge in [-0.05, 0) is 75.9 Å². The maximum absolute atomic E-state index is 14.0. The van der Waals surface area contributed by atoms with Crippen molar-refractivity contribution in [1.29, 1.82) is 0 Å². The van der Waals surface area contributed by atoms with Gasteiger partial charge in [0.2, 0.25) is 17.7 Å². The van der Waals surface area contributed by atoms with Gasteiger partial charge in [0, 0.05) is 16.6 Å². The second kappa shape index (κ2) is 10.3. The van der Waals surface area contributed by atoms with E-state index in [4.69, 9.17) is 4.74 Å². The van der Waals surface area contributed by atoms with E-state index in [0.29, 0.717) is 18.7 Å². The number of amides is 3. The van der Waals surface area contributed by atoms with Crippen molar-refractivity contribution in [2.24, 2.45) is 11.8 Å². The summed E-state index contributed by atoms with van der Waals surface area (Å²) in [6, 6.07) is 11.7. The number of nitrogens with zero attached hydrogens (tertiary/aromatic N) is 1. The molecule has 3 heterocycles. The minimum atomic E-state index is -0.778. The van der Waals surface area contributed by atoms with Gasteiger partial charge in [-0.15, -0.1) is 11.8 Å². The van der Waals surface area contributed by atoms with Gasteiger partial charge in [0.15, 0.2) is 0 Å². The van der Waals surface area contributed by atoms with Crippen molar-refractivity contribution in [3.05, 3.63) is 53.6 Å². The van der Waals surface area contributed by atoms with E-state index in [1.807, 2.05) is 39.0 Å². The van der Waals surface area contributed by atoms with Crippen molar-refractivity contribution in [2.75, 3.05) is 23.8 Å². The van der Waals surface area contributed by atoms with E-state index in [1.165, 1.54) is 0 Å². The van der Waals surface area contributed by atoms with Gasteiger partial charge in [-0.3, -0.25) is 14.4 Å². The number of thioether (sulfide) groups is 1. The summed E-state index contributed by atoms with van der Waals surface area (Å²) in [4.78, 5) is 43.1. The number of hydrogen-bond acceptors (Lipinski definition) is 6. The first kappa shape index (κ1) is 26.6. The van der Waals surface area contributed by atoms with Crippen molar-refractivity contribution in [2.45, 2.75) is 62.6 Å². The summed E-state index contributed by atoms with van der Waals surface area (Å²) < 4.78 is 4.77. The molecule has 1 spiro atoms. The molecule has 3 aliphatic heterocycles. The monoisotopic (exact) mass is 537 g/mol. The molecule has 2 bridgehead atoms. The van der Waals surface area contributed by atoms with Crippen LogP contribution >= 0.6 is 11.8 Å². The second-order valence-electron chi connectivity index (χ2n) is 10.5. The van der Waals surface area contributed by atoms with Crippen LogP contribution in [0.5, 0.6) is 5.75 Å². The van der Waals surface area contributed by atoms with Crippen molar-refractivity contribution < 1.29 is 24.2 Å². The molecule has 0 radical (unpaired) electrons. The molecule has 3 aliphatic rings. The van der Waals surface area contributed by atoms with Crippen LogP contribution in [0.15, 0.2) is 42.5 Å². The molecule has 3 N–H and O–H groups in total. The smallest absolute Gasteiger partial charge is 0.248 e. The molecule has 0 aliphatic carbocycles. The highest BCUT2D eigenvalue weighted by molar-refractivity contribution is 8.02. The topological polar surface area (TPSA) is 108 Å². The number of aliphatic hydroxyl groups excluding tert-OH is 1. The van der Waals surface area contributed by atoms with Gasteiger partial charge in [-0.1, -0.05) is 18.2 Å². The molecule has 2 unspecified atom stereocenters. The number of fused-ring (bicyclic) bond motifs is 1. The first-order valence-corrected chi connectivity index (χ1v) is 14.1. The Kier molecular flexibility index (Phi) is 7.17. The molecule has 8 nitrogen and oxygen atoms in total. The van der Waals surface area contributed by atoms with E-state index < -0.39 is 28.7 Å². The number of hydrogen-bond donors (Lipinski definition) is 3. The number of para-hydroxylation sites is 1. The second-order valence-corrected chi connectivity index (χ2v) is 12.1. The summed E-state index contributed by atoms with van der Waals surface area (Å²) >= 11 is 1.61. The standard InChI is InChI=1S/C29H35N3O5S/c1-5-37-20-11-9-19(10-12-20)30-26(34)22-21-13-14-29(38-21)23(22)28(36)32(18(4)15-33)25(29)27(35)31-24-16(2)7-6-8-17(24)3/h6-12,18,21-23,25,33H,5,13-15H2,1-4H3,(H,30,34)(H,31,35)/t18-,21+,22-,23+,25?,29?/m1/s1. The lowest BCUT2D eigenvalue weighted by molar-refractivity contribution is -0.140. The minimum absolute atomic E-state index is 0.0475. The normalized spacial score (nSPS) is 28.2. The Morgan fingerprint density at radius 3 is 2.45 bits per heavy atom. The van der Waals surface area contributed by atoms with Gasteiger partial charge in [0.25, 0.3) is 0 Å². The lowest BCUT2D eigenvalue weighted by Gasteiger charge is -2.36. The number of nitrogens with one attached hydrogen (secondary N) is 2.